The summed E-state index contributed by atoms with van der Waals surface area (Å²) in [7, 11) is 2.24. The summed E-state index contributed by atoms with van der Waals surface area (Å²) < 4.78 is 0. The maximum atomic E-state index is 3.54. The number of likely N-dealkylation sites (N-methyl/N-ethyl adjacent to an activating group) is 2. The average molecular weight is 275 g/mol. The van der Waals surface area contributed by atoms with Gasteiger partial charge in [0, 0.05) is 31.7 Å². The number of benzene rings is 1. The quantitative estimate of drug-likeness (QED) is 0.890. The predicted octanol–water partition coefficient (Wildman–Crippen LogP) is 2.36. The molecule has 112 valence electrons. The smallest absolute Gasteiger partial charge is 0.0476 e. The van der Waals surface area contributed by atoms with E-state index in [4.69, 9.17) is 0 Å². The van der Waals surface area contributed by atoms with E-state index in [0.717, 1.165) is 19.6 Å². The van der Waals surface area contributed by atoms with Gasteiger partial charge in [-0.2, -0.15) is 0 Å². The predicted molar refractivity (Wildman–Crippen MR) is 86.0 cm³/mol. The minimum absolute atomic E-state index is 0.484. The van der Waals surface area contributed by atoms with Crippen LogP contribution in [-0.2, 0) is 0 Å². The molecule has 1 aliphatic heterocycles. The fourth-order valence-corrected chi connectivity index (χ4v) is 3.24. The van der Waals surface area contributed by atoms with Crippen LogP contribution in [0, 0.1) is 0 Å². The van der Waals surface area contributed by atoms with Gasteiger partial charge in [0.25, 0.3) is 0 Å². The van der Waals surface area contributed by atoms with E-state index in [1.165, 1.54) is 25.1 Å². The molecule has 0 saturated carbocycles. The van der Waals surface area contributed by atoms with Crippen LogP contribution in [-0.4, -0.2) is 55.6 Å². The van der Waals surface area contributed by atoms with Crippen LogP contribution < -0.4 is 5.32 Å². The molecule has 1 N–H and O–H groups in total. The van der Waals surface area contributed by atoms with E-state index in [-0.39, 0.29) is 0 Å². The molecule has 0 amide bonds. The lowest BCUT2D eigenvalue weighted by atomic mass is 10.0. The largest absolute Gasteiger partial charge is 0.315 e. The highest BCUT2D eigenvalue weighted by Gasteiger charge is 2.27. The molecule has 0 aromatic heterocycles. The molecule has 2 unspecified atom stereocenters. The molecule has 3 nitrogen and oxygen atoms in total. The second kappa shape index (κ2) is 7.77. The van der Waals surface area contributed by atoms with Gasteiger partial charge in [-0.05, 0) is 39.0 Å². The van der Waals surface area contributed by atoms with Crippen molar-refractivity contribution >= 4 is 0 Å². The standard InChI is InChI=1S/C17H29N3/c1-4-18-13-17(16-9-6-5-7-10-16)20-12-8-11-19(3)14-15(20)2/h5-7,9-10,15,17-18H,4,8,11-14H2,1-3H3. The molecule has 1 heterocycles. The zero-order chi connectivity index (χ0) is 14.4. The molecule has 1 fully saturated rings. The molecule has 1 aliphatic rings. The van der Waals surface area contributed by atoms with Gasteiger partial charge in [-0.15, -0.1) is 0 Å². The van der Waals surface area contributed by atoms with Crippen molar-refractivity contribution in [2.45, 2.75) is 32.4 Å². The van der Waals surface area contributed by atoms with Crippen LogP contribution in [0.2, 0.25) is 0 Å². The van der Waals surface area contributed by atoms with Gasteiger partial charge in [0.05, 0.1) is 0 Å². The fourth-order valence-electron chi connectivity index (χ4n) is 3.24. The van der Waals surface area contributed by atoms with E-state index < -0.39 is 0 Å². The van der Waals surface area contributed by atoms with Gasteiger partial charge in [0.1, 0.15) is 0 Å². The Morgan fingerprint density at radius 2 is 2.00 bits per heavy atom. The van der Waals surface area contributed by atoms with Crippen molar-refractivity contribution in [3.63, 3.8) is 0 Å². The topological polar surface area (TPSA) is 18.5 Å². The van der Waals surface area contributed by atoms with Gasteiger partial charge < -0.3 is 10.2 Å². The summed E-state index contributed by atoms with van der Waals surface area (Å²) in [4.78, 5) is 5.14. The summed E-state index contributed by atoms with van der Waals surface area (Å²) in [5.41, 5.74) is 1.44. The summed E-state index contributed by atoms with van der Waals surface area (Å²) >= 11 is 0. The van der Waals surface area contributed by atoms with E-state index in [9.17, 15) is 0 Å². The van der Waals surface area contributed by atoms with Crippen LogP contribution in [0.25, 0.3) is 0 Å². The van der Waals surface area contributed by atoms with Crippen LogP contribution in [0.1, 0.15) is 31.9 Å². The highest BCUT2D eigenvalue weighted by molar-refractivity contribution is 5.20. The Morgan fingerprint density at radius 3 is 2.70 bits per heavy atom. The molecule has 1 aromatic carbocycles. The Kier molecular flexibility index (Phi) is 6.02. The van der Waals surface area contributed by atoms with Crippen LogP contribution in [0.15, 0.2) is 30.3 Å². The van der Waals surface area contributed by atoms with Crippen LogP contribution in [0.5, 0.6) is 0 Å². The second-order valence-corrected chi connectivity index (χ2v) is 5.94. The van der Waals surface area contributed by atoms with E-state index in [0.29, 0.717) is 12.1 Å². The van der Waals surface area contributed by atoms with Crippen molar-refractivity contribution < 1.29 is 0 Å². The van der Waals surface area contributed by atoms with Gasteiger partial charge in [0.15, 0.2) is 0 Å². The Bertz CT molecular complexity index is 379. The van der Waals surface area contributed by atoms with Crippen molar-refractivity contribution in [3.05, 3.63) is 35.9 Å². The van der Waals surface area contributed by atoms with E-state index in [2.05, 4.69) is 66.3 Å². The first-order valence-electron chi connectivity index (χ1n) is 7.92. The monoisotopic (exact) mass is 275 g/mol. The number of nitrogens with zero attached hydrogens (tertiary/aromatic N) is 2. The zero-order valence-corrected chi connectivity index (χ0v) is 13.2. The lowest BCUT2D eigenvalue weighted by Crippen LogP contribution is -2.43. The normalized spacial score (nSPS) is 23.4. The lowest BCUT2D eigenvalue weighted by molar-refractivity contribution is 0.140. The Balaban J connectivity index is 2.16. The summed E-state index contributed by atoms with van der Waals surface area (Å²) in [5.74, 6) is 0. The first kappa shape index (κ1) is 15.5. The van der Waals surface area contributed by atoms with Gasteiger partial charge >= 0.3 is 0 Å². The van der Waals surface area contributed by atoms with E-state index in [1.54, 1.807) is 0 Å². The van der Waals surface area contributed by atoms with E-state index in [1.807, 2.05) is 0 Å². The van der Waals surface area contributed by atoms with Crippen molar-refractivity contribution in [3.8, 4) is 0 Å². The average Bonchev–Trinajstić information content (AvgIpc) is 2.62. The SMILES string of the molecule is CCNCC(c1ccccc1)N1CCCN(C)CC1C. The summed E-state index contributed by atoms with van der Waals surface area (Å²) in [6.45, 7) is 10.2. The molecule has 0 radical (unpaired) electrons. The Morgan fingerprint density at radius 1 is 1.25 bits per heavy atom. The van der Waals surface area contributed by atoms with Gasteiger partial charge in [-0.3, -0.25) is 4.90 Å². The second-order valence-electron chi connectivity index (χ2n) is 5.94. The first-order chi connectivity index (χ1) is 9.72. The highest BCUT2D eigenvalue weighted by Crippen LogP contribution is 2.24. The highest BCUT2D eigenvalue weighted by atomic mass is 15.3. The fraction of sp³-hybridized carbons (Fsp3) is 0.647. The lowest BCUT2D eigenvalue weighted by Gasteiger charge is -2.36. The first-order valence-corrected chi connectivity index (χ1v) is 7.92. The maximum Gasteiger partial charge on any atom is 0.0476 e. The number of rotatable bonds is 5. The molecule has 1 saturated heterocycles. The van der Waals surface area contributed by atoms with E-state index >= 15 is 0 Å². The van der Waals surface area contributed by atoms with Crippen LogP contribution in [0.3, 0.4) is 0 Å². The molecule has 0 spiro atoms. The third-order valence-electron chi connectivity index (χ3n) is 4.27. The molecule has 3 heteroatoms. The molecular formula is C17H29N3. The summed E-state index contributed by atoms with van der Waals surface area (Å²) in [6.07, 6.45) is 1.26. The van der Waals surface area contributed by atoms with Gasteiger partial charge in [-0.25, -0.2) is 0 Å². The molecule has 0 bridgehead atoms. The Labute approximate surface area is 124 Å². The number of hydrogen-bond acceptors (Lipinski definition) is 3. The zero-order valence-electron chi connectivity index (χ0n) is 13.2. The van der Waals surface area contributed by atoms with Crippen molar-refractivity contribution in [2.75, 3.05) is 39.8 Å². The molecule has 1 aromatic rings. The van der Waals surface area contributed by atoms with Crippen molar-refractivity contribution in [1.29, 1.82) is 0 Å². The molecule has 2 atom stereocenters. The third-order valence-corrected chi connectivity index (χ3v) is 4.27. The molecule has 2 rings (SSSR count). The van der Waals surface area contributed by atoms with Crippen molar-refractivity contribution in [2.24, 2.45) is 0 Å². The molecular weight excluding hydrogens is 246 g/mol. The Hall–Kier alpha value is -0.900. The number of hydrogen-bond donors (Lipinski definition) is 1. The van der Waals surface area contributed by atoms with Crippen molar-refractivity contribution in [1.82, 2.24) is 15.1 Å². The van der Waals surface area contributed by atoms with Crippen LogP contribution >= 0.6 is 0 Å². The third kappa shape index (κ3) is 4.05. The summed E-state index contributed by atoms with van der Waals surface area (Å²) in [6, 6.07) is 12.0. The summed E-state index contributed by atoms with van der Waals surface area (Å²) in [5, 5.41) is 3.54. The minimum atomic E-state index is 0.484. The maximum absolute atomic E-state index is 3.54. The molecule has 20 heavy (non-hydrogen) atoms. The minimum Gasteiger partial charge on any atom is -0.315 e. The van der Waals surface area contributed by atoms with Gasteiger partial charge in [0.2, 0.25) is 0 Å². The van der Waals surface area contributed by atoms with Crippen LogP contribution in [0.4, 0.5) is 0 Å². The number of nitrogens with one attached hydrogen (secondary N) is 1. The van der Waals surface area contributed by atoms with Gasteiger partial charge in [-0.1, -0.05) is 37.3 Å². The molecule has 0 aliphatic carbocycles.